The van der Waals surface area contributed by atoms with Crippen LogP contribution in [-0.4, -0.2) is 51.0 Å². The predicted octanol–water partition coefficient (Wildman–Crippen LogP) is -0.401. The van der Waals surface area contributed by atoms with Gasteiger partial charge in [-0.2, -0.15) is 0 Å². The monoisotopic (exact) mass is 253 g/mol. The summed E-state index contributed by atoms with van der Waals surface area (Å²) in [5.74, 6) is -0.170. The summed E-state index contributed by atoms with van der Waals surface area (Å²) in [6.45, 7) is 1.11. The summed E-state index contributed by atoms with van der Waals surface area (Å²) < 4.78 is 47.9. The van der Waals surface area contributed by atoms with Crippen LogP contribution in [0, 0.1) is 0 Å². The third kappa shape index (κ3) is 2.19. The fraction of sp³-hybridized carbons (Fsp3) is 1.00. The SMILES string of the molecule is O=S1(=O)CC[C@H](S(=O)(=O)N2CCCC2)C1. The van der Waals surface area contributed by atoms with E-state index in [4.69, 9.17) is 0 Å². The minimum absolute atomic E-state index is 0.0186. The molecular formula is C8H15NO4S2. The van der Waals surface area contributed by atoms with Gasteiger partial charge in [0, 0.05) is 13.1 Å². The van der Waals surface area contributed by atoms with Crippen molar-refractivity contribution in [1.82, 2.24) is 4.31 Å². The molecule has 0 aromatic carbocycles. The summed E-state index contributed by atoms with van der Waals surface area (Å²) in [6, 6.07) is 0. The van der Waals surface area contributed by atoms with Crippen LogP contribution in [0.25, 0.3) is 0 Å². The topological polar surface area (TPSA) is 71.5 Å². The van der Waals surface area contributed by atoms with E-state index in [2.05, 4.69) is 0 Å². The third-order valence-corrected chi connectivity index (χ3v) is 7.35. The van der Waals surface area contributed by atoms with E-state index in [1.807, 2.05) is 0 Å². The highest BCUT2D eigenvalue weighted by molar-refractivity contribution is 7.95. The second-order valence-corrected chi connectivity index (χ2v) is 8.62. The van der Waals surface area contributed by atoms with Gasteiger partial charge in [0.25, 0.3) is 0 Å². The summed E-state index contributed by atoms with van der Waals surface area (Å²) in [6.07, 6.45) is 2.04. The van der Waals surface area contributed by atoms with Crippen LogP contribution in [0.4, 0.5) is 0 Å². The molecule has 2 aliphatic rings. The molecule has 15 heavy (non-hydrogen) atoms. The molecule has 2 fully saturated rings. The third-order valence-electron chi connectivity index (χ3n) is 3.04. The first-order chi connectivity index (χ1) is 6.92. The van der Waals surface area contributed by atoms with Gasteiger partial charge in [0.05, 0.1) is 16.8 Å². The zero-order valence-electron chi connectivity index (χ0n) is 8.42. The highest BCUT2D eigenvalue weighted by Gasteiger charge is 2.40. The highest BCUT2D eigenvalue weighted by Crippen LogP contribution is 2.24. The largest absolute Gasteiger partial charge is 0.229 e. The van der Waals surface area contributed by atoms with Gasteiger partial charge in [0.1, 0.15) is 0 Å². The minimum Gasteiger partial charge on any atom is -0.229 e. The molecule has 0 saturated carbocycles. The smallest absolute Gasteiger partial charge is 0.218 e. The van der Waals surface area contributed by atoms with Crippen LogP contribution >= 0.6 is 0 Å². The maximum Gasteiger partial charge on any atom is 0.218 e. The summed E-state index contributed by atoms with van der Waals surface area (Å²) in [5, 5.41) is -0.694. The Labute approximate surface area is 90.4 Å². The van der Waals surface area contributed by atoms with Crippen LogP contribution in [0.1, 0.15) is 19.3 Å². The van der Waals surface area contributed by atoms with Crippen molar-refractivity contribution >= 4 is 19.9 Å². The van der Waals surface area contributed by atoms with Crippen molar-refractivity contribution in [1.29, 1.82) is 0 Å². The zero-order valence-corrected chi connectivity index (χ0v) is 10.1. The number of sulfone groups is 1. The molecule has 7 heteroatoms. The second kappa shape index (κ2) is 3.71. The van der Waals surface area contributed by atoms with Gasteiger partial charge < -0.3 is 0 Å². The van der Waals surface area contributed by atoms with E-state index < -0.39 is 25.1 Å². The van der Waals surface area contributed by atoms with Gasteiger partial charge in [-0.3, -0.25) is 0 Å². The van der Waals surface area contributed by atoms with Gasteiger partial charge in [-0.15, -0.1) is 0 Å². The average Bonchev–Trinajstić information content (AvgIpc) is 2.72. The van der Waals surface area contributed by atoms with E-state index in [0.29, 0.717) is 13.1 Å². The Balaban J connectivity index is 2.17. The Morgan fingerprint density at radius 3 is 2.20 bits per heavy atom. The van der Waals surface area contributed by atoms with Gasteiger partial charge in [0.15, 0.2) is 9.84 Å². The molecule has 0 radical (unpaired) electrons. The van der Waals surface area contributed by atoms with Crippen molar-refractivity contribution in [2.75, 3.05) is 24.6 Å². The second-order valence-electron chi connectivity index (χ2n) is 4.18. The lowest BCUT2D eigenvalue weighted by Gasteiger charge is -2.19. The first kappa shape index (κ1) is 11.3. The zero-order chi connectivity index (χ0) is 11.1. The quantitative estimate of drug-likeness (QED) is 0.671. The predicted molar refractivity (Wildman–Crippen MR) is 56.8 cm³/mol. The van der Waals surface area contributed by atoms with Crippen molar-refractivity contribution < 1.29 is 16.8 Å². The molecule has 2 heterocycles. The molecule has 5 nitrogen and oxygen atoms in total. The van der Waals surface area contributed by atoms with E-state index in [9.17, 15) is 16.8 Å². The molecule has 2 saturated heterocycles. The molecule has 1 atom stereocenters. The van der Waals surface area contributed by atoms with Crippen LogP contribution in [-0.2, 0) is 19.9 Å². The van der Waals surface area contributed by atoms with Crippen molar-refractivity contribution in [3.8, 4) is 0 Å². The molecule has 2 aliphatic heterocycles. The van der Waals surface area contributed by atoms with E-state index in [0.717, 1.165) is 12.8 Å². The lowest BCUT2D eigenvalue weighted by molar-refractivity contribution is 0.467. The molecule has 0 N–H and O–H groups in total. The Bertz CT molecular complexity index is 433. The van der Waals surface area contributed by atoms with Crippen molar-refractivity contribution in [2.24, 2.45) is 0 Å². The molecule has 2 rings (SSSR count). The molecule has 0 unspecified atom stereocenters. The standard InChI is InChI=1S/C8H15NO4S2/c10-14(11)6-3-8(7-14)15(12,13)9-4-1-2-5-9/h8H,1-7H2/t8-/m0/s1. The summed E-state index contributed by atoms with van der Waals surface area (Å²) in [7, 11) is -6.47. The number of nitrogens with zero attached hydrogens (tertiary/aromatic N) is 1. The first-order valence-electron chi connectivity index (χ1n) is 5.11. The van der Waals surface area contributed by atoms with Crippen LogP contribution in [0.15, 0.2) is 0 Å². The van der Waals surface area contributed by atoms with Crippen molar-refractivity contribution in [3.63, 3.8) is 0 Å². The molecule has 88 valence electrons. The molecule has 0 aliphatic carbocycles. The molecular weight excluding hydrogens is 238 g/mol. The number of sulfonamides is 1. The summed E-state index contributed by atoms with van der Waals surface area (Å²) in [4.78, 5) is 0. The van der Waals surface area contributed by atoms with Crippen LogP contribution in [0.5, 0.6) is 0 Å². The fourth-order valence-corrected chi connectivity index (χ4v) is 6.76. The maximum atomic E-state index is 12.0. The lowest BCUT2D eigenvalue weighted by atomic mass is 10.4. The van der Waals surface area contributed by atoms with Crippen molar-refractivity contribution in [2.45, 2.75) is 24.5 Å². The van der Waals surface area contributed by atoms with Crippen LogP contribution in [0.2, 0.25) is 0 Å². The van der Waals surface area contributed by atoms with Crippen LogP contribution < -0.4 is 0 Å². The van der Waals surface area contributed by atoms with Gasteiger partial charge in [0.2, 0.25) is 10.0 Å². The van der Waals surface area contributed by atoms with E-state index in [1.165, 1.54) is 4.31 Å². The molecule has 0 amide bonds. The van der Waals surface area contributed by atoms with Gasteiger partial charge >= 0.3 is 0 Å². The van der Waals surface area contributed by atoms with Crippen molar-refractivity contribution in [3.05, 3.63) is 0 Å². The fourth-order valence-electron chi connectivity index (χ4n) is 2.15. The first-order valence-corrected chi connectivity index (χ1v) is 8.44. The van der Waals surface area contributed by atoms with Crippen LogP contribution in [0.3, 0.4) is 0 Å². The number of rotatable bonds is 2. The van der Waals surface area contributed by atoms with E-state index in [1.54, 1.807) is 0 Å². The summed E-state index contributed by atoms with van der Waals surface area (Å²) >= 11 is 0. The summed E-state index contributed by atoms with van der Waals surface area (Å²) in [5.41, 5.74) is 0. The lowest BCUT2D eigenvalue weighted by Crippen LogP contribution is -2.37. The average molecular weight is 253 g/mol. The normalized spacial score (nSPS) is 32.1. The Morgan fingerprint density at radius 1 is 1.13 bits per heavy atom. The van der Waals surface area contributed by atoms with Gasteiger partial charge in [-0.25, -0.2) is 21.1 Å². The minimum atomic E-state index is -3.36. The van der Waals surface area contributed by atoms with Gasteiger partial charge in [-0.05, 0) is 19.3 Å². The van der Waals surface area contributed by atoms with E-state index >= 15 is 0 Å². The highest BCUT2D eigenvalue weighted by atomic mass is 32.2. The Morgan fingerprint density at radius 2 is 1.73 bits per heavy atom. The van der Waals surface area contributed by atoms with E-state index in [-0.39, 0.29) is 17.9 Å². The molecule has 0 spiro atoms. The maximum absolute atomic E-state index is 12.0. The molecule has 0 aromatic heterocycles. The van der Waals surface area contributed by atoms with Gasteiger partial charge in [-0.1, -0.05) is 0 Å². The Hall–Kier alpha value is -0.140. The molecule has 0 aromatic rings. The number of hydrogen-bond acceptors (Lipinski definition) is 4. The number of hydrogen-bond donors (Lipinski definition) is 0. The molecule has 0 bridgehead atoms. The Kier molecular flexibility index (Phi) is 2.81.